The Morgan fingerprint density at radius 2 is 2.36 bits per heavy atom. The Hall–Kier alpha value is -1.93. The number of furan rings is 1. The van der Waals surface area contributed by atoms with Crippen LogP contribution in [0.3, 0.4) is 0 Å². The number of amides is 1. The molecule has 0 saturated carbocycles. The maximum atomic E-state index is 12.0. The van der Waals surface area contributed by atoms with E-state index in [0.717, 1.165) is 18.7 Å². The molecule has 0 fully saturated rings. The summed E-state index contributed by atoms with van der Waals surface area (Å²) in [5, 5.41) is 6.99. The van der Waals surface area contributed by atoms with Gasteiger partial charge >= 0.3 is 0 Å². The highest BCUT2D eigenvalue weighted by molar-refractivity contribution is 9.10. The fourth-order valence-corrected chi connectivity index (χ4v) is 3.04. The Labute approximate surface area is 139 Å². The lowest BCUT2D eigenvalue weighted by molar-refractivity contribution is 0.0995. The van der Waals surface area contributed by atoms with Crippen LogP contribution in [-0.2, 0) is 13.0 Å². The zero-order valence-electron chi connectivity index (χ0n) is 11.7. The minimum absolute atomic E-state index is 0.250. The van der Waals surface area contributed by atoms with Crippen LogP contribution in [0, 0.1) is 6.92 Å². The smallest absolute Gasteiger partial charge is 0.291 e. The normalized spacial score (nSPS) is 10.8. The minimum atomic E-state index is -0.302. The van der Waals surface area contributed by atoms with E-state index >= 15 is 0 Å². The van der Waals surface area contributed by atoms with Gasteiger partial charge in [0.05, 0.1) is 23.1 Å². The van der Waals surface area contributed by atoms with Gasteiger partial charge in [-0.05, 0) is 35.0 Å². The fraction of sp³-hybridized carbons (Fsp3) is 0.214. The lowest BCUT2D eigenvalue weighted by Gasteiger charge is -2.00. The second-order valence-corrected chi connectivity index (χ2v) is 6.38. The molecule has 114 valence electrons. The maximum Gasteiger partial charge on any atom is 0.291 e. The van der Waals surface area contributed by atoms with E-state index in [0.29, 0.717) is 10.4 Å². The van der Waals surface area contributed by atoms with Crippen molar-refractivity contribution in [3.05, 3.63) is 51.0 Å². The summed E-state index contributed by atoms with van der Waals surface area (Å²) in [5.74, 6) is -0.0524. The number of rotatable bonds is 5. The zero-order valence-corrected chi connectivity index (χ0v) is 14.1. The quantitative estimate of drug-likeness (QED) is 0.734. The molecule has 1 amide bonds. The van der Waals surface area contributed by atoms with Crippen LogP contribution in [0.5, 0.6) is 0 Å². The number of hydrogen-bond acceptors (Lipinski definition) is 5. The van der Waals surface area contributed by atoms with E-state index < -0.39 is 0 Å². The van der Waals surface area contributed by atoms with Crippen molar-refractivity contribution in [1.29, 1.82) is 0 Å². The number of nitrogens with one attached hydrogen (secondary N) is 1. The highest BCUT2D eigenvalue weighted by atomic mass is 79.9. The third-order valence-electron chi connectivity index (χ3n) is 3.10. The number of halogens is 1. The van der Waals surface area contributed by atoms with E-state index in [1.807, 2.05) is 12.4 Å². The number of nitrogens with zero attached hydrogens (tertiary/aromatic N) is 3. The summed E-state index contributed by atoms with van der Waals surface area (Å²) >= 11 is 4.81. The topological polar surface area (TPSA) is 73.0 Å². The number of anilines is 1. The molecular formula is C14H13BrN4O2S. The van der Waals surface area contributed by atoms with Crippen LogP contribution in [0.4, 0.5) is 5.69 Å². The standard InChI is InChI=1S/C14H13BrN4O2S/c1-9-12(22-8-16-9)4-5-19-7-10(6-17-19)18-14(20)11-2-3-13(15)21-11/h2-3,6-8H,4-5H2,1H3,(H,18,20). The molecule has 6 nitrogen and oxygen atoms in total. The molecule has 0 aliphatic carbocycles. The Bertz CT molecular complexity index is 792. The van der Waals surface area contributed by atoms with Crippen LogP contribution >= 0.6 is 27.3 Å². The van der Waals surface area contributed by atoms with Gasteiger partial charge in [0.25, 0.3) is 5.91 Å². The second kappa shape index (κ2) is 6.45. The monoisotopic (exact) mass is 380 g/mol. The summed E-state index contributed by atoms with van der Waals surface area (Å²) < 4.78 is 7.53. The first-order valence-electron chi connectivity index (χ1n) is 6.60. The van der Waals surface area contributed by atoms with Gasteiger partial charge < -0.3 is 9.73 Å². The van der Waals surface area contributed by atoms with Gasteiger partial charge in [-0.1, -0.05) is 0 Å². The average Bonchev–Trinajstić information content (AvgIpc) is 3.19. The van der Waals surface area contributed by atoms with Crippen molar-refractivity contribution in [2.75, 3.05) is 5.32 Å². The molecule has 1 N–H and O–H groups in total. The number of aryl methyl sites for hydroxylation is 3. The van der Waals surface area contributed by atoms with Crippen LogP contribution in [0.2, 0.25) is 0 Å². The van der Waals surface area contributed by atoms with Gasteiger partial charge in [0.2, 0.25) is 0 Å². The summed E-state index contributed by atoms with van der Waals surface area (Å²) in [5.41, 5.74) is 3.55. The van der Waals surface area contributed by atoms with Gasteiger partial charge in [0.1, 0.15) is 0 Å². The summed E-state index contributed by atoms with van der Waals surface area (Å²) in [6.45, 7) is 2.74. The van der Waals surface area contributed by atoms with E-state index in [1.54, 1.807) is 40.5 Å². The highest BCUT2D eigenvalue weighted by Gasteiger charge is 2.11. The van der Waals surface area contributed by atoms with Gasteiger partial charge in [-0.2, -0.15) is 5.10 Å². The first kappa shape index (κ1) is 15.0. The average molecular weight is 381 g/mol. The van der Waals surface area contributed by atoms with Gasteiger partial charge in [-0.25, -0.2) is 4.98 Å². The van der Waals surface area contributed by atoms with Crippen molar-refractivity contribution in [3.63, 3.8) is 0 Å². The minimum Gasteiger partial charge on any atom is -0.444 e. The first-order valence-corrected chi connectivity index (χ1v) is 8.27. The summed E-state index contributed by atoms with van der Waals surface area (Å²) in [6, 6.07) is 3.28. The van der Waals surface area contributed by atoms with Crippen LogP contribution in [-0.4, -0.2) is 20.7 Å². The van der Waals surface area contributed by atoms with Crippen LogP contribution in [0.1, 0.15) is 21.1 Å². The lowest BCUT2D eigenvalue weighted by atomic mass is 10.3. The number of thiazole rings is 1. The van der Waals surface area contributed by atoms with Gasteiger partial charge in [0.15, 0.2) is 10.4 Å². The van der Waals surface area contributed by atoms with Crippen molar-refractivity contribution in [2.45, 2.75) is 19.9 Å². The van der Waals surface area contributed by atoms with E-state index in [1.165, 1.54) is 4.88 Å². The molecular weight excluding hydrogens is 368 g/mol. The predicted octanol–water partition coefficient (Wildman–Crippen LogP) is 3.50. The lowest BCUT2D eigenvalue weighted by Crippen LogP contribution is -2.10. The van der Waals surface area contributed by atoms with Crippen LogP contribution in [0.25, 0.3) is 0 Å². The fourth-order valence-electron chi connectivity index (χ4n) is 1.96. The summed E-state index contributed by atoms with van der Waals surface area (Å²) in [7, 11) is 0. The van der Waals surface area contributed by atoms with Crippen molar-refractivity contribution < 1.29 is 9.21 Å². The molecule has 3 heterocycles. The number of carbonyl (C=O) groups is 1. The van der Waals surface area contributed by atoms with Gasteiger partial charge in [0, 0.05) is 24.0 Å². The molecule has 0 spiro atoms. The van der Waals surface area contributed by atoms with Gasteiger partial charge in [-0.3, -0.25) is 9.48 Å². The Morgan fingerprint density at radius 3 is 3.05 bits per heavy atom. The molecule has 0 saturated heterocycles. The van der Waals surface area contributed by atoms with Crippen molar-refractivity contribution in [2.24, 2.45) is 0 Å². The number of aromatic nitrogens is 3. The molecule has 0 unspecified atom stereocenters. The summed E-state index contributed by atoms with van der Waals surface area (Å²) in [6.07, 6.45) is 4.29. The molecule has 3 rings (SSSR count). The molecule has 0 radical (unpaired) electrons. The molecule has 0 aliphatic rings. The number of carbonyl (C=O) groups excluding carboxylic acids is 1. The van der Waals surface area contributed by atoms with Gasteiger partial charge in [-0.15, -0.1) is 11.3 Å². The van der Waals surface area contributed by atoms with Crippen LogP contribution in [0.15, 0.2) is 39.1 Å². The van der Waals surface area contributed by atoms with E-state index in [-0.39, 0.29) is 11.7 Å². The SMILES string of the molecule is Cc1ncsc1CCn1cc(NC(=O)c2ccc(Br)o2)cn1. The Kier molecular flexibility index (Phi) is 4.39. The molecule has 0 aromatic carbocycles. The maximum absolute atomic E-state index is 12.0. The molecule has 0 aliphatic heterocycles. The molecule has 3 aromatic heterocycles. The third-order valence-corrected chi connectivity index (χ3v) is 4.52. The second-order valence-electron chi connectivity index (χ2n) is 4.66. The highest BCUT2D eigenvalue weighted by Crippen LogP contribution is 2.17. The molecule has 0 bridgehead atoms. The van der Waals surface area contributed by atoms with Crippen molar-refractivity contribution >= 4 is 38.9 Å². The molecule has 0 atom stereocenters. The Balaban J connectivity index is 1.59. The zero-order chi connectivity index (χ0) is 15.5. The largest absolute Gasteiger partial charge is 0.444 e. The van der Waals surface area contributed by atoms with E-state index in [2.05, 4.69) is 31.3 Å². The molecule has 3 aromatic rings. The molecule has 8 heteroatoms. The van der Waals surface area contributed by atoms with E-state index in [9.17, 15) is 4.79 Å². The van der Waals surface area contributed by atoms with Crippen molar-refractivity contribution in [1.82, 2.24) is 14.8 Å². The number of hydrogen-bond donors (Lipinski definition) is 1. The van der Waals surface area contributed by atoms with E-state index in [4.69, 9.17) is 4.42 Å². The third kappa shape index (κ3) is 3.45. The molecule has 22 heavy (non-hydrogen) atoms. The van der Waals surface area contributed by atoms with Crippen molar-refractivity contribution in [3.8, 4) is 0 Å². The predicted molar refractivity (Wildman–Crippen MR) is 87.1 cm³/mol. The van der Waals surface area contributed by atoms with Crippen LogP contribution < -0.4 is 5.32 Å². The summed E-state index contributed by atoms with van der Waals surface area (Å²) in [4.78, 5) is 17.4. The Morgan fingerprint density at radius 1 is 1.50 bits per heavy atom. The first-order chi connectivity index (χ1) is 10.6.